The molecule has 1 aliphatic heterocycles. The molecule has 3 amide bonds. The van der Waals surface area contributed by atoms with Crippen LogP contribution in [0.25, 0.3) is 0 Å². The minimum atomic E-state index is -4.68. The monoisotopic (exact) mass is 426 g/mol. The Bertz CT molecular complexity index is 1010. The van der Waals surface area contributed by atoms with Crippen LogP contribution >= 0.6 is 0 Å². The maximum absolute atomic E-state index is 12.5. The van der Waals surface area contributed by atoms with Crippen LogP contribution < -0.4 is 21.1 Å². The number of hydrazine groups is 1. The molecule has 9 nitrogen and oxygen atoms in total. The molecule has 3 N–H and O–H groups in total. The highest BCUT2D eigenvalue weighted by Gasteiger charge is 2.26. The van der Waals surface area contributed by atoms with Gasteiger partial charge in [0.05, 0.1) is 17.1 Å². The van der Waals surface area contributed by atoms with E-state index in [1.165, 1.54) is 17.0 Å². The molecular weight excluding hydrogens is 410 g/mol. The van der Waals surface area contributed by atoms with Crippen LogP contribution in [-0.2, 0) is 14.6 Å². The first-order valence-electron chi connectivity index (χ1n) is 8.27. The molecule has 154 valence electrons. The van der Waals surface area contributed by atoms with Gasteiger partial charge in [0.15, 0.2) is 0 Å². The van der Waals surface area contributed by atoms with Crippen LogP contribution in [0.3, 0.4) is 0 Å². The van der Waals surface area contributed by atoms with Gasteiger partial charge in [-0.3, -0.25) is 15.8 Å². The van der Waals surface area contributed by atoms with Crippen molar-refractivity contribution in [1.29, 1.82) is 0 Å². The molecule has 3 rings (SSSR count). The smallest absolute Gasteiger partial charge is 0.414 e. The number of hydrogen-bond donors (Lipinski definition) is 3. The molecule has 1 aliphatic rings. The molecule has 0 radical (unpaired) electrons. The molecule has 0 spiro atoms. The molecule has 1 fully saturated rings. The van der Waals surface area contributed by atoms with Crippen molar-refractivity contribution in [1.82, 2.24) is 5.43 Å². The Morgan fingerprint density at radius 2 is 1.83 bits per heavy atom. The lowest BCUT2D eigenvalue weighted by atomic mass is 10.2. The Hall–Kier alpha value is -3.41. The highest BCUT2D eigenvalue weighted by Crippen LogP contribution is 2.22. The Morgan fingerprint density at radius 1 is 1.10 bits per heavy atom. The number of benzene rings is 2. The van der Waals surface area contributed by atoms with Crippen molar-refractivity contribution in [3.63, 3.8) is 0 Å². The van der Waals surface area contributed by atoms with Crippen molar-refractivity contribution in [3.05, 3.63) is 48.5 Å². The van der Waals surface area contributed by atoms with E-state index in [-0.39, 0.29) is 12.3 Å². The number of ether oxygens (including phenoxy) is 1. The van der Waals surface area contributed by atoms with Gasteiger partial charge < -0.3 is 10.1 Å². The van der Waals surface area contributed by atoms with Crippen LogP contribution in [0.4, 0.5) is 35.4 Å². The molecule has 0 aliphatic carbocycles. The lowest BCUT2D eigenvalue weighted by molar-refractivity contribution is 0.181. The Kier molecular flexibility index (Phi) is 5.82. The molecule has 0 aromatic heterocycles. The van der Waals surface area contributed by atoms with E-state index < -0.39 is 32.6 Å². The molecule has 29 heavy (non-hydrogen) atoms. The maximum Gasteiger partial charge on any atom is 0.414 e. The summed E-state index contributed by atoms with van der Waals surface area (Å²) in [5, 5.41) is 2.56. The Labute approximate surface area is 164 Å². The number of carbonyl (C=O) groups excluding carboxylic acids is 2. The molecule has 0 saturated carbocycles. The molecular formula is C17H16F2N4O5S. The fraction of sp³-hybridized carbons (Fsp3) is 0.176. The van der Waals surface area contributed by atoms with Gasteiger partial charge in [0.25, 0.3) is 0 Å². The number of halogens is 2. The maximum atomic E-state index is 12.5. The highest BCUT2D eigenvalue weighted by atomic mass is 32.2. The van der Waals surface area contributed by atoms with Crippen LogP contribution in [0.1, 0.15) is 0 Å². The average Bonchev–Trinajstić information content (AvgIpc) is 3.13. The zero-order valence-corrected chi connectivity index (χ0v) is 15.6. The van der Waals surface area contributed by atoms with E-state index >= 15 is 0 Å². The van der Waals surface area contributed by atoms with Crippen molar-refractivity contribution < 1.29 is 31.5 Å². The van der Waals surface area contributed by atoms with E-state index in [0.717, 1.165) is 12.1 Å². The number of sulfone groups is 1. The van der Waals surface area contributed by atoms with Crippen LogP contribution in [0.15, 0.2) is 53.4 Å². The Balaban J connectivity index is 1.57. The van der Waals surface area contributed by atoms with Crippen molar-refractivity contribution in [3.8, 4) is 0 Å². The second-order valence-corrected chi connectivity index (χ2v) is 7.77. The largest absolute Gasteiger partial charge is 0.447 e. The van der Waals surface area contributed by atoms with Gasteiger partial charge in [-0.15, -0.1) is 0 Å². The average molecular weight is 426 g/mol. The standard InChI is InChI=1S/C17H16F2N4O5S/c18-15(19)29(26,27)14-6-4-11(5-7-14)21-22-16(24)20-12-2-1-3-13(10-12)23-8-9-28-17(23)25/h1-7,10,15,21H,8-9H2,(H2,20,22,24). The first-order chi connectivity index (χ1) is 13.8. The minimum absolute atomic E-state index is 0.280. The number of amides is 3. The predicted octanol–water partition coefficient (Wildman–Crippen LogP) is 2.79. The van der Waals surface area contributed by atoms with Crippen LogP contribution in [0.5, 0.6) is 0 Å². The van der Waals surface area contributed by atoms with Gasteiger partial charge in [0, 0.05) is 11.4 Å². The summed E-state index contributed by atoms with van der Waals surface area (Å²) in [6.07, 6.45) is -0.467. The lowest BCUT2D eigenvalue weighted by Gasteiger charge is -2.15. The topological polar surface area (TPSA) is 117 Å². The lowest BCUT2D eigenvalue weighted by Crippen LogP contribution is -2.33. The van der Waals surface area contributed by atoms with Crippen molar-refractivity contribution in [2.45, 2.75) is 10.7 Å². The van der Waals surface area contributed by atoms with E-state index in [1.807, 2.05) is 0 Å². The molecule has 0 bridgehead atoms. The van der Waals surface area contributed by atoms with Gasteiger partial charge in [0.2, 0.25) is 9.84 Å². The third-order valence-corrected chi connectivity index (χ3v) is 5.31. The normalized spacial score (nSPS) is 13.9. The fourth-order valence-corrected chi connectivity index (χ4v) is 3.22. The number of nitrogens with zero attached hydrogens (tertiary/aromatic N) is 1. The summed E-state index contributed by atoms with van der Waals surface area (Å²) >= 11 is 0. The van der Waals surface area contributed by atoms with Gasteiger partial charge >= 0.3 is 17.9 Å². The fourth-order valence-electron chi connectivity index (χ4n) is 2.50. The molecule has 1 heterocycles. The number of rotatable bonds is 6. The quantitative estimate of drug-likeness (QED) is 0.612. The summed E-state index contributed by atoms with van der Waals surface area (Å²) in [5.74, 6) is -3.51. The number of carbonyl (C=O) groups is 2. The minimum Gasteiger partial charge on any atom is -0.447 e. The van der Waals surface area contributed by atoms with Crippen LogP contribution in [0.2, 0.25) is 0 Å². The summed E-state index contributed by atoms with van der Waals surface area (Å²) in [6.45, 7) is 0.700. The SMILES string of the molecule is O=C(NNc1ccc(S(=O)(=O)C(F)F)cc1)Nc1cccc(N2CCOC2=O)c1. The zero-order valence-electron chi connectivity index (χ0n) is 14.8. The van der Waals surface area contributed by atoms with Crippen molar-refractivity contribution in [2.75, 3.05) is 28.8 Å². The van der Waals surface area contributed by atoms with Gasteiger partial charge in [-0.25, -0.2) is 18.0 Å². The van der Waals surface area contributed by atoms with E-state index in [4.69, 9.17) is 4.74 Å². The van der Waals surface area contributed by atoms with Gasteiger partial charge in [-0.1, -0.05) is 6.07 Å². The first kappa shape index (κ1) is 20.3. The second kappa shape index (κ2) is 8.31. The van der Waals surface area contributed by atoms with E-state index in [0.29, 0.717) is 17.9 Å². The number of urea groups is 1. The Morgan fingerprint density at radius 3 is 2.45 bits per heavy atom. The predicted molar refractivity (Wildman–Crippen MR) is 101 cm³/mol. The third-order valence-electron chi connectivity index (χ3n) is 3.91. The first-order valence-corrected chi connectivity index (χ1v) is 9.81. The van der Waals surface area contributed by atoms with Crippen LogP contribution in [-0.4, -0.2) is 39.5 Å². The molecule has 2 aromatic rings. The van der Waals surface area contributed by atoms with Crippen LogP contribution in [0, 0.1) is 0 Å². The highest BCUT2D eigenvalue weighted by molar-refractivity contribution is 7.91. The number of anilines is 3. The molecule has 1 saturated heterocycles. The number of nitrogens with one attached hydrogen (secondary N) is 3. The molecule has 12 heteroatoms. The van der Waals surface area contributed by atoms with Crippen molar-refractivity contribution >= 4 is 39.0 Å². The van der Waals surface area contributed by atoms with E-state index in [1.54, 1.807) is 24.3 Å². The summed E-state index contributed by atoms with van der Waals surface area (Å²) < 4.78 is 52.6. The van der Waals surface area contributed by atoms with Crippen molar-refractivity contribution in [2.24, 2.45) is 0 Å². The molecule has 2 aromatic carbocycles. The zero-order chi connectivity index (χ0) is 21.0. The van der Waals surface area contributed by atoms with Gasteiger partial charge in [-0.05, 0) is 42.5 Å². The second-order valence-electron chi connectivity index (χ2n) is 5.85. The number of hydrogen-bond acceptors (Lipinski definition) is 6. The number of cyclic esters (lactones) is 1. The summed E-state index contributed by atoms with van der Waals surface area (Å²) in [7, 11) is -4.68. The third kappa shape index (κ3) is 4.71. The molecule has 0 atom stereocenters. The number of alkyl halides is 2. The summed E-state index contributed by atoms with van der Waals surface area (Å²) in [5.41, 5.74) is 6.10. The summed E-state index contributed by atoms with van der Waals surface area (Å²) in [4.78, 5) is 24.5. The van der Waals surface area contributed by atoms with E-state index in [2.05, 4.69) is 16.2 Å². The van der Waals surface area contributed by atoms with Gasteiger partial charge in [-0.2, -0.15) is 8.78 Å². The van der Waals surface area contributed by atoms with Gasteiger partial charge in [0.1, 0.15) is 6.61 Å². The summed E-state index contributed by atoms with van der Waals surface area (Å²) in [6, 6.07) is 10.4. The van der Waals surface area contributed by atoms with E-state index in [9.17, 15) is 26.8 Å². The molecule has 0 unspecified atom stereocenters.